The Morgan fingerprint density at radius 2 is 2.17 bits per heavy atom. The molecule has 2 atom stereocenters. The molecule has 0 spiro atoms. The van der Waals surface area contributed by atoms with Crippen LogP contribution in [-0.2, 0) is 4.79 Å². The van der Waals surface area contributed by atoms with E-state index < -0.39 is 11.4 Å². The Balaban J connectivity index is 2.15. The first-order valence-electron chi connectivity index (χ1n) is 6.16. The lowest BCUT2D eigenvalue weighted by Crippen LogP contribution is -2.33. The Kier molecular flexibility index (Phi) is 3.39. The smallest absolute Gasteiger partial charge is 0.310 e. The third-order valence-electron chi connectivity index (χ3n) is 3.92. The maximum Gasteiger partial charge on any atom is 0.310 e. The Labute approximate surface area is 106 Å². The van der Waals surface area contributed by atoms with Crippen molar-refractivity contribution in [2.45, 2.75) is 26.3 Å². The topological polar surface area (TPSA) is 40.5 Å². The third-order valence-corrected chi connectivity index (χ3v) is 3.92. The first kappa shape index (κ1) is 13.0. The zero-order valence-electron chi connectivity index (χ0n) is 10.7. The van der Waals surface area contributed by atoms with Gasteiger partial charge in [0.1, 0.15) is 5.82 Å². The van der Waals surface area contributed by atoms with Gasteiger partial charge in [0.05, 0.1) is 5.41 Å². The van der Waals surface area contributed by atoms with E-state index in [1.807, 2.05) is 11.8 Å². The molecule has 0 aliphatic carbocycles. The van der Waals surface area contributed by atoms with Crippen LogP contribution in [0.5, 0.6) is 0 Å². The zero-order valence-corrected chi connectivity index (χ0v) is 10.7. The van der Waals surface area contributed by atoms with Crippen molar-refractivity contribution in [3.05, 3.63) is 35.6 Å². The number of aliphatic carboxylic acids is 1. The quantitative estimate of drug-likeness (QED) is 0.898. The van der Waals surface area contributed by atoms with Gasteiger partial charge in [-0.2, -0.15) is 0 Å². The van der Waals surface area contributed by atoms with Gasteiger partial charge < -0.3 is 5.11 Å². The number of hydrogen-bond donors (Lipinski definition) is 1. The fraction of sp³-hybridized carbons (Fsp3) is 0.500. The van der Waals surface area contributed by atoms with Gasteiger partial charge in [-0.15, -0.1) is 0 Å². The molecule has 2 unspecified atom stereocenters. The second-order valence-corrected chi connectivity index (χ2v) is 5.28. The zero-order chi connectivity index (χ0) is 13.3. The molecule has 2 rings (SSSR count). The van der Waals surface area contributed by atoms with Crippen LogP contribution in [0.3, 0.4) is 0 Å². The van der Waals surface area contributed by atoms with E-state index in [0.717, 1.165) is 0 Å². The van der Waals surface area contributed by atoms with E-state index in [1.54, 1.807) is 25.1 Å². The molecule has 1 heterocycles. The summed E-state index contributed by atoms with van der Waals surface area (Å²) < 4.78 is 13.7. The van der Waals surface area contributed by atoms with E-state index in [1.165, 1.54) is 6.07 Å². The van der Waals surface area contributed by atoms with E-state index in [2.05, 4.69) is 0 Å². The minimum Gasteiger partial charge on any atom is -0.481 e. The van der Waals surface area contributed by atoms with E-state index in [0.29, 0.717) is 25.1 Å². The number of halogens is 1. The molecule has 1 aliphatic rings. The summed E-state index contributed by atoms with van der Waals surface area (Å²) in [7, 11) is 0. The molecule has 1 saturated heterocycles. The van der Waals surface area contributed by atoms with Crippen LogP contribution in [-0.4, -0.2) is 29.1 Å². The maximum absolute atomic E-state index is 13.7. The van der Waals surface area contributed by atoms with Gasteiger partial charge in [0.2, 0.25) is 0 Å². The van der Waals surface area contributed by atoms with Crippen LogP contribution in [0.25, 0.3) is 0 Å². The molecule has 0 bridgehead atoms. The fourth-order valence-electron chi connectivity index (χ4n) is 2.51. The Morgan fingerprint density at radius 3 is 2.72 bits per heavy atom. The first-order chi connectivity index (χ1) is 8.44. The van der Waals surface area contributed by atoms with Crippen LogP contribution in [0, 0.1) is 11.2 Å². The number of benzene rings is 1. The highest BCUT2D eigenvalue weighted by Gasteiger charge is 2.42. The highest BCUT2D eigenvalue weighted by molar-refractivity contribution is 5.74. The predicted molar refractivity (Wildman–Crippen MR) is 66.7 cm³/mol. The molecule has 1 N–H and O–H groups in total. The maximum atomic E-state index is 13.7. The minimum absolute atomic E-state index is 0.0904. The van der Waals surface area contributed by atoms with Gasteiger partial charge >= 0.3 is 5.97 Å². The summed E-state index contributed by atoms with van der Waals surface area (Å²) in [5.41, 5.74) is -0.0772. The van der Waals surface area contributed by atoms with Gasteiger partial charge in [-0.3, -0.25) is 9.69 Å². The summed E-state index contributed by atoms with van der Waals surface area (Å²) in [6.45, 7) is 4.84. The highest BCUT2D eigenvalue weighted by Crippen LogP contribution is 2.35. The number of rotatable bonds is 3. The van der Waals surface area contributed by atoms with Crippen LogP contribution in [0.1, 0.15) is 31.9 Å². The Bertz CT molecular complexity index is 463. The molecule has 0 radical (unpaired) electrons. The van der Waals surface area contributed by atoms with Gasteiger partial charge in [-0.05, 0) is 32.9 Å². The summed E-state index contributed by atoms with van der Waals surface area (Å²) in [5, 5.41) is 9.20. The molecule has 1 aromatic rings. The average molecular weight is 251 g/mol. The molecule has 0 aromatic heterocycles. The summed E-state index contributed by atoms with van der Waals surface area (Å²) in [6, 6.07) is 6.58. The largest absolute Gasteiger partial charge is 0.481 e. The van der Waals surface area contributed by atoms with Gasteiger partial charge in [0.25, 0.3) is 0 Å². The molecule has 4 heteroatoms. The molecule has 98 valence electrons. The lowest BCUT2D eigenvalue weighted by Gasteiger charge is -2.26. The minimum atomic E-state index is -0.772. The molecule has 1 aromatic carbocycles. The number of carbonyl (C=O) groups is 1. The van der Waals surface area contributed by atoms with Gasteiger partial charge in [-0.1, -0.05) is 18.2 Å². The monoisotopic (exact) mass is 251 g/mol. The number of carboxylic acid groups (broad SMARTS) is 1. The first-order valence-corrected chi connectivity index (χ1v) is 6.16. The Morgan fingerprint density at radius 1 is 1.50 bits per heavy atom. The number of likely N-dealkylation sites (tertiary alicyclic amines) is 1. The molecular weight excluding hydrogens is 233 g/mol. The molecule has 0 saturated carbocycles. The van der Waals surface area contributed by atoms with Crippen molar-refractivity contribution < 1.29 is 14.3 Å². The van der Waals surface area contributed by atoms with Crippen LogP contribution < -0.4 is 0 Å². The summed E-state index contributed by atoms with van der Waals surface area (Å²) in [5.74, 6) is -1.00. The second kappa shape index (κ2) is 4.69. The molecule has 1 fully saturated rings. The lowest BCUT2D eigenvalue weighted by atomic mass is 9.90. The standard InChI is InChI=1S/C14H18FNO2/c1-10(11-5-3-4-6-12(11)15)16-8-7-14(2,9-16)13(17)18/h3-6,10H,7-9H2,1-2H3,(H,17,18). The number of carboxylic acids is 1. The van der Waals surface area contributed by atoms with Crippen molar-refractivity contribution in [2.24, 2.45) is 5.41 Å². The SMILES string of the molecule is CC(c1ccccc1F)N1CCC(C)(C(=O)O)C1. The van der Waals surface area contributed by atoms with Crippen molar-refractivity contribution in [1.82, 2.24) is 4.90 Å². The van der Waals surface area contributed by atoms with E-state index >= 15 is 0 Å². The van der Waals surface area contributed by atoms with Crippen molar-refractivity contribution in [2.75, 3.05) is 13.1 Å². The molecule has 1 aliphatic heterocycles. The fourth-order valence-corrected chi connectivity index (χ4v) is 2.51. The molecular formula is C14H18FNO2. The summed E-state index contributed by atoms with van der Waals surface area (Å²) >= 11 is 0. The lowest BCUT2D eigenvalue weighted by molar-refractivity contribution is -0.147. The molecule has 3 nitrogen and oxygen atoms in total. The van der Waals surface area contributed by atoms with Crippen LogP contribution in [0.4, 0.5) is 4.39 Å². The Hall–Kier alpha value is -1.42. The highest BCUT2D eigenvalue weighted by atomic mass is 19.1. The van der Waals surface area contributed by atoms with Crippen LogP contribution in [0.15, 0.2) is 24.3 Å². The van der Waals surface area contributed by atoms with Crippen molar-refractivity contribution in [1.29, 1.82) is 0 Å². The van der Waals surface area contributed by atoms with Crippen LogP contribution >= 0.6 is 0 Å². The summed E-state index contributed by atoms with van der Waals surface area (Å²) in [6.07, 6.45) is 0.612. The molecule has 0 amide bonds. The number of hydrogen-bond acceptors (Lipinski definition) is 2. The third kappa shape index (κ3) is 2.25. The average Bonchev–Trinajstić information content (AvgIpc) is 2.73. The summed E-state index contributed by atoms with van der Waals surface area (Å²) in [4.78, 5) is 13.2. The van der Waals surface area contributed by atoms with E-state index in [9.17, 15) is 14.3 Å². The van der Waals surface area contributed by atoms with Gasteiger partial charge in [0, 0.05) is 18.2 Å². The van der Waals surface area contributed by atoms with Crippen LogP contribution in [0.2, 0.25) is 0 Å². The van der Waals surface area contributed by atoms with E-state index in [-0.39, 0.29) is 11.9 Å². The number of nitrogens with zero attached hydrogens (tertiary/aromatic N) is 1. The van der Waals surface area contributed by atoms with Gasteiger partial charge in [-0.25, -0.2) is 4.39 Å². The van der Waals surface area contributed by atoms with Gasteiger partial charge in [0.15, 0.2) is 0 Å². The van der Waals surface area contributed by atoms with Crippen molar-refractivity contribution >= 4 is 5.97 Å². The predicted octanol–water partition coefficient (Wildman–Crippen LogP) is 2.68. The second-order valence-electron chi connectivity index (χ2n) is 5.28. The normalized spacial score (nSPS) is 26.2. The molecule has 18 heavy (non-hydrogen) atoms. The van der Waals surface area contributed by atoms with E-state index in [4.69, 9.17) is 0 Å². The van der Waals surface area contributed by atoms with Crippen molar-refractivity contribution in [3.8, 4) is 0 Å². The van der Waals surface area contributed by atoms with Crippen molar-refractivity contribution in [3.63, 3.8) is 0 Å².